The number of methoxy groups -OCH3 is 1. The Kier molecular flexibility index (Phi) is 5.67. The van der Waals surface area contributed by atoms with Crippen molar-refractivity contribution in [1.82, 2.24) is 9.97 Å². The molecule has 4 rings (SSSR count). The molecule has 9 heteroatoms. The molecular formula is C22H27N5O4. The van der Waals surface area contributed by atoms with Crippen molar-refractivity contribution in [2.24, 2.45) is 0 Å². The molecule has 9 nitrogen and oxygen atoms in total. The highest BCUT2D eigenvalue weighted by molar-refractivity contribution is 6.05. The highest BCUT2D eigenvalue weighted by Gasteiger charge is 2.36. The van der Waals surface area contributed by atoms with Crippen LogP contribution in [-0.2, 0) is 9.59 Å². The summed E-state index contributed by atoms with van der Waals surface area (Å²) in [5.74, 6) is -0.660. The third kappa shape index (κ3) is 4.12. The predicted molar refractivity (Wildman–Crippen MR) is 118 cm³/mol. The number of nitrogens with zero attached hydrogens (tertiary/aromatic N) is 2. The van der Waals surface area contributed by atoms with Gasteiger partial charge in [0.25, 0.3) is 5.56 Å². The third-order valence-corrected chi connectivity index (χ3v) is 5.94. The van der Waals surface area contributed by atoms with Crippen molar-refractivity contribution < 1.29 is 14.3 Å². The van der Waals surface area contributed by atoms with Crippen LogP contribution in [0.25, 0.3) is 0 Å². The highest BCUT2D eigenvalue weighted by atomic mass is 16.5. The number of hydrogen-bond acceptors (Lipinski definition) is 6. The molecule has 2 aliphatic heterocycles. The molecule has 31 heavy (non-hydrogen) atoms. The van der Waals surface area contributed by atoms with Crippen LogP contribution in [0.4, 0.5) is 17.5 Å². The van der Waals surface area contributed by atoms with E-state index in [0.717, 1.165) is 31.4 Å². The first-order chi connectivity index (χ1) is 14.9. The molecule has 0 spiro atoms. The second kappa shape index (κ2) is 8.41. The number of H-pyrrole nitrogens is 1. The van der Waals surface area contributed by atoms with Gasteiger partial charge in [0.05, 0.1) is 24.3 Å². The van der Waals surface area contributed by atoms with E-state index in [1.807, 2.05) is 17.9 Å². The van der Waals surface area contributed by atoms with Crippen molar-refractivity contribution in [2.45, 2.75) is 51.5 Å². The molecular weight excluding hydrogens is 398 g/mol. The molecule has 2 atom stereocenters. The molecule has 0 saturated carbocycles. The SMILES string of the molecule is COc1ccc(C)cc1NC(=O)[C@H]1CC(=O)Nc2nc(N3CCCC[C@H]3C)[nH]c(=O)c21. The van der Waals surface area contributed by atoms with Gasteiger partial charge in [-0.05, 0) is 50.8 Å². The zero-order valence-electron chi connectivity index (χ0n) is 17.9. The second-order valence-electron chi connectivity index (χ2n) is 8.19. The Morgan fingerprint density at radius 3 is 2.84 bits per heavy atom. The van der Waals surface area contributed by atoms with Crippen LogP contribution < -0.4 is 25.8 Å². The zero-order valence-corrected chi connectivity index (χ0v) is 17.9. The number of aromatic nitrogens is 2. The van der Waals surface area contributed by atoms with Crippen molar-refractivity contribution in [3.8, 4) is 5.75 Å². The monoisotopic (exact) mass is 425 g/mol. The number of carbonyl (C=O) groups is 2. The van der Waals surface area contributed by atoms with Crippen LogP contribution in [0.15, 0.2) is 23.0 Å². The van der Waals surface area contributed by atoms with Gasteiger partial charge in [-0.2, -0.15) is 4.98 Å². The molecule has 2 aliphatic rings. The zero-order chi connectivity index (χ0) is 22.1. The maximum absolute atomic E-state index is 13.1. The number of benzene rings is 1. The van der Waals surface area contributed by atoms with Gasteiger partial charge in [0.2, 0.25) is 17.8 Å². The van der Waals surface area contributed by atoms with E-state index < -0.39 is 17.4 Å². The Bertz CT molecular complexity index is 1080. The van der Waals surface area contributed by atoms with Crippen molar-refractivity contribution in [3.05, 3.63) is 39.7 Å². The molecule has 2 amide bonds. The van der Waals surface area contributed by atoms with Gasteiger partial charge in [-0.25, -0.2) is 0 Å². The van der Waals surface area contributed by atoms with E-state index in [1.54, 1.807) is 12.1 Å². The van der Waals surface area contributed by atoms with Gasteiger partial charge in [-0.1, -0.05) is 6.07 Å². The summed E-state index contributed by atoms with van der Waals surface area (Å²) in [5.41, 5.74) is 1.20. The fourth-order valence-electron chi connectivity index (χ4n) is 4.27. The van der Waals surface area contributed by atoms with Crippen LogP contribution in [0, 0.1) is 6.92 Å². The molecule has 1 fully saturated rings. The van der Waals surface area contributed by atoms with E-state index in [-0.39, 0.29) is 29.8 Å². The molecule has 1 aromatic heterocycles. The smallest absolute Gasteiger partial charge is 0.258 e. The fourth-order valence-corrected chi connectivity index (χ4v) is 4.27. The van der Waals surface area contributed by atoms with E-state index in [1.165, 1.54) is 7.11 Å². The molecule has 1 aromatic carbocycles. The number of nitrogens with one attached hydrogen (secondary N) is 3. The van der Waals surface area contributed by atoms with Gasteiger partial charge in [-0.15, -0.1) is 0 Å². The summed E-state index contributed by atoms with van der Waals surface area (Å²) in [6.07, 6.45) is 3.03. The minimum absolute atomic E-state index is 0.128. The maximum Gasteiger partial charge on any atom is 0.258 e. The Morgan fingerprint density at radius 2 is 2.10 bits per heavy atom. The second-order valence-corrected chi connectivity index (χ2v) is 8.19. The number of anilines is 3. The Morgan fingerprint density at radius 1 is 1.29 bits per heavy atom. The molecule has 0 unspecified atom stereocenters. The van der Waals surface area contributed by atoms with Crippen LogP contribution in [-0.4, -0.2) is 41.5 Å². The molecule has 1 saturated heterocycles. The van der Waals surface area contributed by atoms with Gasteiger partial charge < -0.3 is 20.3 Å². The third-order valence-electron chi connectivity index (χ3n) is 5.94. The number of hydrogen-bond donors (Lipinski definition) is 3. The Balaban J connectivity index is 1.67. The van der Waals surface area contributed by atoms with Gasteiger partial charge >= 0.3 is 0 Å². The summed E-state index contributed by atoms with van der Waals surface area (Å²) in [4.78, 5) is 47.9. The summed E-state index contributed by atoms with van der Waals surface area (Å²) < 4.78 is 5.32. The minimum Gasteiger partial charge on any atom is -0.495 e. The van der Waals surface area contributed by atoms with Crippen molar-refractivity contribution in [3.63, 3.8) is 0 Å². The van der Waals surface area contributed by atoms with Gasteiger partial charge in [0, 0.05) is 19.0 Å². The lowest BCUT2D eigenvalue weighted by Gasteiger charge is -2.34. The fraction of sp³-hybridized carbons (Fsp3) is 0.455. The number of piperidine rings is 1. The molecule has 2 aromatic rings. The number of aromatic amines is 1. The summed E-state index contributed by atoms with van der Waals surface area (Å²) in [7, 11) is 1.52. The summed E-state index contributed by atoms with van der Waals surface area (Å²) >= 11 is 0. The molecule has 0 bridgehead atoms. The van der Waals surface area contributed by atoms with Crippen molar-refractivity contribution in [1.29, 1.82) is 0 Å². The number of amides is 2. The topological polar surface area (TPSA) is 116 Å². The van der Waals surface area contributed by atoms with E-state index in [0.29, 0.717) is 17.4 Å². The Labute approximate surface area is 180 Å². The lowest BCUT2D eigenvalue weighted by Crippen LogP contribution is -2.42. The van der Waals surface area contributed by atoms with Gasteiger partial charge in [-0.3, -0.25) is 19.4 Å². The van der Waals surface area contributed by atoms with E-state index in [4.69, 9.17) is 4.74 Å². The minimum atomic E-state index is -0.946. The standard InChI is InChI=1S/C22H27N5O4/c1-12-7-8-16(31-3)15(10-12)23-20(29)14-11-17(28)24-19-18(14)21(30)26-22(25-19)27-9-5-4-6-13(27)2/h7-8,10,13-14H,4-6,9,11H2,1-3H3,(H,23,29)(H2,24,25,26,28,30)/t13-,14+/m1/s1. The molecule has 0 aliphatic carbocycles. The number of aryl methyl sites for hydroxylation is 1. The van der Waals surface area contributed by atoms with Crippen LogP contribution in [0.1, 0.15) is 49.7 Å². The van der Waals surface area contributed by atoms with Crippen molar-refractivity contribution in [2.75, 3.05) is 29.2 Å². The predicted octanol–water partition coefficient (Wildman–Crippen LogP) is 2.53. The summed E-state index contributed by atoms with van der Waals surface area (Å²) in [5, 5.41) is 5.48. The normalized spacial score (nSPS) is 20.6. The van der Waals surface area contributed by atoms with E-state index in [2.05, 4.69) is 27.5 Å². The number of carbonyl (C=O) groups excluding carboxylic acids is 2. The lowest BCUT2D eigenvalue weighted by molar-refractivity contribution is -0.123. The first kappa shape index (κ1) is 20.9. The summed E-state index contributed by atoms with van der Waals surface area (Å²) in [6.45, 7) is 4.77. The molecule has 164 valence electrons. The number of ether oxygens (including phenoxy) is 1. The largest absolute Gasteiger partial charge is 0.495 e. The quantitative estimate of drug-likeness (QED) is 0.693. The lowest BCUT2D eigenvalue weighted by atomic mass is 9.92. The van der Waals surface area contributed by atoms with Crippen LogP contribution in [0.3, 0.4) is 0 Å². The number of rotatable bonds is 4. The van der Waals surface area contributed by atoms with Crippen LogP contribution >= 0.6 is 0 Å². The number of fused-ring (bicyclic) bond motifs is 1. The first-order valence-electron chi connectivity index (χ1n) is 10.5. The average Bonchev–Trinajstić information content (AvgIpc) is 2.73. The molecule has 0 radical (unpaired) electrons. The average molecular weight is 425 g/mol. The van der Waals surface area contributed by atoms with Crippen molar-refractivity contribution >= 4 is 29.3 Å². The highest BCUT2D eigenvalue weighted by Crippen LogP contribution is 2.33. The Hall–Kier alpha value is -3.36. The first-order valence-corrected chi connectivity index (χ1v) is 10.5. The van der Waals surface area contributed by atoms with E-state index in [9.17, 15) is 14.4 Å². The van der Waals surface area contributed by atoms with Gasteiger partial charge in [0.1, 0.15) is 11.6 Å². The molecule has 3 N–H and O–H groups in total. The van der Waals surface area contributed by atoms with E-state index >= 15 is 0 Å². The summed E-state index contributed by atoms with van der Waals surface area (Å²) in [6, 6.07) is 5.65. The van der Waals surface area contributed by atoms with Crippen LogP contribution in [0.5, 0.6) is 5.75 Å². The van der Waals surface area contributed by atoms with Crippen LogP contribution in [0.2, 0.25) is 0 Å². The maximum atomic E-state index is 13.1. The molecule has 3 heterocycles. The van der Waals surface area contributed by atoms with Gasteiger partial charge in [0.15, 0.2) is 0 Å².